The zero-order valence-electron chi connectivity index (χ0n) is 8.98. The van der Waals surface area contributed by atoms with Gasteiger partial charge < -0.3 is 9.42 Å². The molecule has 2 rings (SSSR count). The van der Waals surface area contributed by atoms with Crippen LogP contribution in [0, 0.1) is 0 Å². The second kappa shape index (κ2) is 4.57. The van der Waals surface area contributed by atoms with Crippen molar-refractivity contribution in [2.75, 3.05) is 19.6 Å². The predicted octanol–water partition coefficient (Wildman–Crippen LogP) is 1.69. The molecule has 1 aliphatic heterocycles. The van der Waals surface area contributed by atoms with Crippen LogP contribution in [0.5, 0.6) is 0 Å². The van der Waals surface area contributed by atoms with Crippen molar-refractivity contribution in [3.63, 3.8) is 0 Å². The average molecular weight is 208 g/mol. The van der Waals surface area contributed by atoms with Gasteiger partial charge in [0.2, 0.25) is 0 Å². The van der Waals surface area contributed by atoms with E-state index in [0.717, 1.165) is 44.5 Å². The summed E-state index contributed by atoms with van der Waals surface area (Å²) in [7, 11) is 0. The predicted molar refractivity (Wildman–Crippen MR) is 56.0 cm³/mol. The molecule has 1 fully saturated rings. The minimum atomic E-state index is 0.335. The Balaban J connectivity index is 2.12. The van der Waals surface area contributed by atoms with E-state index in [2.05, 4.69) is 17.0 Å². The molecule has 82 valence electrons. The molecule has 1 aromatic heterocycles. The maximum atomic E-state index is 10.8. The quantitative estimate of drug-likeness (QED) is 0.709. The fraction of sp³-hybridized carbons (Fsp3) is 0.636. The van der Waals surface area contributed by atoms with E-state index in [4.69, 9.17) is 4.52 Å². The van der Waals surface area contributed by atoms with Gasteiger partial charge in [0, 0.05) is 12.5 Å². The summed E-state index contributed by atoms with van der Waals surface area (Å²) in [5, 5.41) is 3.69. The summed E-state index contributed by atoms with van der Waals surface area (Å²) in [4.78, 5) is 13.1. The van der Waals surface area contributed by atoms with E-state index in [0.29, 0.717) is 11.5 Å². The van der Waals surface area contributed by atoms with Gasteiger partial charge in [-0.1, -0.05) is 12.1 Å². The molecule has 0 bridgehead atoms. The number of nitrogens with zero attached hydrogens (tertiary/aromatic N) is 2. The molecule has 1 aromatic rings. The Morgan fingerprint density at radius 1 is 1.73 bits per heavy atom. The number of likely N-dealkylation sites (tertiary alicyclic amines) is 1. The first-order valence-corrected chi connectivity index (χ1v) is 5.47. The summed E-state index contributed by atoms with van der Waals surface area (Å²) in [5.41, 5.74) is 0.609. The van der Waals surface area contributed by atoms with Crippen LogP contribution < -0.4 is 0 Å². The van der Waals surface area contributed by atoms with E-state index in [9.17, 15) is 4.79 Å². The number of carbonyl (C=O) groups is 1. The fourth-order valence-corrected chi connectivity index (χ4v) is 2.21. The van der Waals surface area contributed by atoms with Crippen LogP contribution in [-0.4, -0.2) is 36.0 Å². The lowest BCUT2D eigenvalue weighted by molar-refractivity contribution is 0.111. The summed E-state index contributed by atoms with van der Waals surface area (Å²) < 4.78 is 5.18. The molecular formula is C11H16N2O2. The molecule has 4 nitrogen and oxygen atoms in total. The van der Waals surface area contributed by atoms with Gasteiger partial charge in [-0.05, 0) is 25.9 Å². The molecule has 0 amide bonds. The first kappa shape index (κ1) is 10.4. The number of aromatic nitrogens is 1. The highest BCUT2D eigenvalue weighted by atomic mass is 16.5. The third-order valence-electron chi connectivity index (χ3n) is 3.08. The number of piperidine rings is 1. The average Bonchev–Trinajstić information content (AvgIpc) is 2.77. The van der Waals surface area contributed by atoms with Gasteiger partial charge in [-0.25, -0.2) is 0 Å². The standard InChI is InChI=1S/C11H16N2O2/c1-2-13-5-3-4-9(7-13)11-10(8-14)6-12-15-11/h6,8-9H,2-5,7H2,1H3. The fourth-order valence-electron chi connectivity index (χ4n) is 2.21. The van der Waals surface area contributed by atoms with E-state index in [-0.39, 0.29) is 0 Å². The van der Waals surface area contributed by atoms with Crippen LogP contribution in [-0.2, 0) is 0 Å². The number of rotatable bonds is 3. The van der Waals surface area contributed by atoms with E-state index < -0.39 is 0 Å². The Morgan fingerprint density at radius 2 is 2.60 bits per heavy atom. The number of hydrogen-bond donors (Lipinski definition) is 0. The largest absolute Gasteiger partial charge is 0.360 e. The molecular weight excluding hydrogens is 192 g/mol. The minimum Gasteiger partial charge on any atom is -0.360 e. The molecule has 1 atom stereocenters. The van der Waals surface area contributed by atoms with Gasteiger partial charge in [-0.3, -0.25) is 4.79 Å². The Labute approximate surface area is 89.2 Å². The maximum absolute atomic E-state index is 10.8. The molecule has 0 saturated carbocycles. The zero-order valence-corrected chi connectivity index (χ0v) is 8.98. The first-order chi connectivity index (χ1) is 7.35. The van der Waals surface area contributed by atoms with Crippen molar-refractivity contribution in [3.05, 3.63) is 17.5 Å². The molecule has 0 aromatic carbocycles. The molecule has 4 heteroatoms. The van der Waals surface area contributed by atoms with Crippen molar-refractivity contribution in [1.29, 1.82) is 0 Å². The Morgan fingerprint density at radius 3 is 3.33 bits per heavy atom. The van der Waals surface area contributed by atoms with Crippen LogP contribution in [0.1, 0.15) is 41.8 Å². The third kappa shape index (κ3) is 2.09. The molecule has 2 heterocycles. The lowest BCUT2D eigenvalue weighted by Crippen LogP contribution is -2.34. The molecule has 1 aliphatic rings. The van der Waals surface area contributed by atoms with Crippen molar-refractivity contribution in [1.82, 2.24) is 10.1 Å². The number of carbonyl (C=O) groups excluding carboxylic acids is 1. The summed E-state index contributed by atoms with van der Waals surface area (Å²) in [6.07, 6.45) is 4.59. The van der Waals surface area contributed by atoms with Crippen LogP contribution in [0.2, 0.25) is 0 Å². The van der Waals surface area contributed by atoms with Crippen molar-refractivity contribution in [2.45, 2.75) is 25.7 Å². The van der Waals surface area contributed by atoms with Gasteiger partial charge in [0.15, 0.2) is 12.0 Å². The number of hydrogen-bond acceptors (Lipinski definition) is 4. The minimum absolute atomic E-state index is 0.335. The van der Waals surface area contributed by atoms with E-state index in [1.54, 1.807) is 0 Å². The molecule has 0 spiro atoms. The maximum Gasteiger partial charge on any atom is 0.155 e. The molecule has 15 heavy (non-hydrogen) atoms. The van der Waals surface area contributed by atoms with Gasteiger partial charge >= 0.3 is 0 Å². The van der Waals surface area contributed by atoms with Crippen molar-refractivity contribution >= 4 is 6.29 Å². The Bertz CT molecular complexity index is 335. The van der Waals surface area contributed by atoms with Crippen LogP contribution in [0.25, 0.3) is 0 Å². The zero-order chi connectivity index (χ0) is 10.7. The van der Waals surface area contributed by atoms with Crippen molar-refractivity contribution in [2.24, 2.45) is 0 Å². The topological polar surface area (TPSA) is 46.3 Å². The SMILES string of the molecule is CCN1CCCC(c2oncc2C=O)C1. The number of aldehydes is 1. The molecule has 1 unspecified atom stereocenters. The monoisotopic (exact) mass is 208 g/mol. The Hall–Kier alpha value is -1.16. The summed E-state index contributed by atoms with van der Waals surface area (Å²) >= 11 is 0. The van der Waals surface area contributed by atoms with Gasteiger partial charge in [0.1, 0.15) is 0 Å². The lowest BCUT2D eigenvalue weighted by Gasteiger charge is -2.30. The van der Waals surface area contributed by atoms with Gasteiger partial charge in [-0.15, -0.1) is 0 Å². The van der Waals surface area contributed by atoms with Crippen LogP contribution in [0.15, 0.2) is 10.7 Å². The summed E-state index contributed by atoms with van der Waals surface area (Å²) in [6.45, 7) is 5.34. The first-order valence-electron chi connectivity index (χ1n) is 5.47. The van der Waals surface area contributed by atoms with Crippen LogP contribution >= 0.6 is 0 Å². The van der Waals surface area contributed by atoms with Crippen molar-refractivity contribution < 1.29 is 9.32 Å². The lowest BCUT2D eigenvalue weighted by atomic mass is 9.94. The van der Waals surface area contributed by atoms with E-state index in [1.807, 2.05) is 0 Å². The van der Waals surface area contributed by atoms with Gasteiger partial charge in [0.25, 0.3) is 0 Å². The van der Waals surface area contributed by atoms with Gasteiger partial charge in [-0.2, -0.15) is 0 Å². The van der Waals surface area contributed by atoms with Crippen molar-refractivity contribution in [3.8, 4) is 0 Å². The highest BCUT2D eigenvalue weighted by Gasteiger charge is 2.25. The third-order valence-corrected chi connectivity index (χ3v) is 3.08. The highest BCUT2D eigenvalue weighted by Crippen LogP contribution is 2.28. The Kier molecular flexibility index (Phi) is 3.16. The summed E-state index contributed by atoms with van der Waals surface area (Å²) in [5.74, 6) is 1.10. The normalized spacial score (nSPS) is 22.9. The second-order valence-electron chi connectivity index (χ2n) is 4.00. The molecule has 0 N–H and O–H groups in total. The summed E-state index contributed by atoms with van der Waals surface area (Å²) in [6, 6.07) is 0. The van der Waals surface area contributed by atoms with Crippen LogP contribution in [0.4, 0.5) is 0 Å². The highest BCUT2D eigenvalue weighted by molar-refractivity contribution is 5.75. The second-order valence-corrected chi connectivity index (χ2v) is 4.00. The van der Waals surface area contributed by atoms with Crippen LogP contribution in [0.3, 0.4) is 0 Å². The molecule has 0 radical (unpaired) electrons. The smallest absolute Gasteiger partial charge is 0.155 e. The van der Waals surface area contributed by atoms with E-state index in [1.165, 1.54) is 6.20 Å². The van der Waals surface area contributed by atoms with Gasteiger partial charge in [0.05, 0.1) is 11.8 Å². The molecule has 0 aliphatic carbocycles. The van der Waals surface area contributed by atoms with E-state index >= 15 is 0 Å². The molecule has 1 saturated heterocycles. The number of likely N-dealkylation sites (N-methyl/N-ethyl adjacent to an activating group) is 1.